The Hall–Kier alpha value is -2.15. The zero-order chi connectivity index (χ0) is 11.4. The highest BCUT2D eigenvalue weighted by Crippen LogP contribution is 1.92. The minimum atomic E-state index is -0.547. The van der Waals surface area contributed by atoms with E-state index in [0.29, 0.717) is 0 Å². The van der Waals surface area contributed by atoms with Crippen molar-refractivity contribution < 1.29 is 0 Å². The van der Waals surface area contributed by atoms with Gasteiger partial charge in [-0.05, 0) is 10.8 Å². The highest BCUT2D eigenvalue weighted by Gasteiger charge is 1.99. The van der Waals surface area contributed by atoms with Crippen LogP contribution < -0.4 is 11.2 Å². The lowest BCUT2D eigenvalue weighted by Gasteiger charge is -1.83. The van der Waals surface area contributed by atoms with Gasteiger partial charge in [0.2, 0.25) is 0 Å². The van der Waals surface area contributed by atoms with Crippen molar-refractivity contribution in [1.29, 1.82) is 0 Å². The average Bonchev–Trinajstić information content (AvgIpc) is 2.90. The van der Waals surface area contributed by atoms with Crippen molar-refractivity contribution in [2.75, 3.05) is 0 Å². The largest absolute Gasteiger partial charge is 0.339 e. The second kappa shape index (κ2) is 4.58. The number of nitrogens with one attached hydrogen (secondary N) is 3. The van der Waals surface area contributed by atoms with Gasteiger partial charge >= 0.3 is 5.69 Å². The van der Waals surface area contributed by atoms with Crippen LogP contribution in [0.25, 0.3) is 11.2 Å². The summed E-state index contributed by atoms with van der Waals surface area (Å²) in [5.74, 6) is 0. The summed E-state index contributed by atoms with van der Waals surface area (Å²) in [5, 5.41) is 4.08. The van der Waals surface area contributed by atoms with Gasteiger partial charge in [-0.15, -0.1) is 0 Å². The number of hydrogen-bond acceptors (Lipinski definition) is 4. The second-order valence-electron chi connectivity index (χ2n) is 2.83. The standard InChI is InChI=1S/C5H4N4O2.C4H4S/c10-4-2-3(7-1-6-2)8-5(11)9-4;1-2-4-5-3-1/h1H,(H3,6,7,8,9,10,11);1-4H. The molecule has 3 aromatic rings. The Kier molecular flexibility index (Phi) is 2.97. The molecule has 0 aliphatic rings. The Morgan fingerprint density at radius 1 is 1.12 bits per heavy atom. The van der Waals surface area contributed by atoms with Crippen molar-refractivity contribution in [1.82, 2.24) is 19.9 Å². The first kappa shape index (κ1) is 10.4. The molecule has 3 aromatic heterocycles. The summed E-state index contributed by atoms with van der Waals surface area (Å²) < 4.78 is 0. The highest BCUT2D eigenvalue weighted by molar-refractivity contribution is 7.07. The molecule has 0 amide bonds. The predicted octanol–water partition coefficient (Wildman–Crippen LogP) is 0.688. The Morgan fingerprint density at radius 2 is 1.88 bits per heavy atom. The molecular formula is C9H8N4O2S. The molecular weight excluding hydrogens is 228 g/mol. The molecule has 0 aliphatic carbocycles. The van der Waals surface area contributed by atoms with Crippen LogP contribution in [0.5, 0.6) is 0 Å². The number of fused-ring (bicyclic) bond motifs is 1. The van der Waals surface area contributed by atoms with Crippen molar-refractivity contribution in [3.8, 4) is 0 Å². The van der Waals surface area contributed by atoms with E-state index in [0.717, 1.165) is 0 Å². The third-order valence-electron chi connectivity index (χ3n) is 1.75. The molecule has 0 atom stereocenters. The van der Waals surface area contributed by atoms with Crippen LogP contribution in [0.15, 0.2) is 38.8 Å². The minimum absolute atomic E-state index is 0.277. The third kappa shape index (κ3) is 2.26. The Bertz CT molecular complexity index is 647. The van der Waals surface area contributed by atoms with Crippen LogP contribution in [0.1, 0.15) is 0 Å². The molecule has 0 unspecified atom stereocenters. The first-order valence-electron chi connectivity index (χ1n) is 4.40. The molecule has 0 saturated heterocycles. The number of aromatic amines is 3. The molecule has 82 valence electrons. The van der Waals surface area contributed by atoms with Gasteiger partial charge in [0.15, 0.2) is 5.65 Å². The number of aromatic nitrogens is 4. The average molecular weight is 236 g/mol. The van der Waals surface area contributed by atoms with E-state index >= 15 is 0 Å². The van der Waals surface area contributed by atoms with Gasteiger partial charge in [0.25, 0.3) is 5.56 Å². The van der Waals surface area contributed by atoms with E-state index in [1.165, 1.54) is 6.33 Å². The summed E-state index contributed by atoms with van der Waals surface area (Å²) in [6, 6.07) is 4.04. The van der Waals surface area contributed by atoms with Crippen molar-refractivity contribution in [3.05, 3.63) is 50.1 Å². The molecule has 3 N–H and O–H groups in total. The van der Waals surface area contributed by atoms with Crippen LogP contribution in [-0.4, -0.2) is 19.9 Å². The van der Waals surface area contributed by atoms with E-state index in [9.17, 15) is 9.59 Å². The van der Waals surface area contributed by atoms with Crippen LogP contribution in [0.2, 0.25) is 0 Å². The smallest absolute Gasteiger partial charge is 0.327 e. The molecule has 0 aliphatic heterocycles. The lowest BCUT2D eigenvalue weighted by molar-refractivity contribution is 1.07. The molecule has 3 rings (SSSR count). The van der Waals surface area contributed by atoms with E-state index in [1.807, 2.05) is 22.9 Å². The molecule has 0 aromatic carbocycles. The third-order valence-corrected chi connectivity index (χ3v) is 2.38. The summed E-state index contributed by atoms with van der Waals surface area (Å²) in [5.41, 5.74) is -0.445. The molecule has 0 fully saturated rings. The van der Waals surface area contributed by atoms with Crippen LogP contribution in [0.4, 0.5) is 0 Å². The summed E-state index contributed by atoms with van der Waals surface area (Å²) in [4.78, 5) is 32.3. The fourth-order valence-corrected chi connectivity index (χ4v) is 1.55. The maximum atomic E-state index is 10.9. The maximum absolute atomic E-state index is 10.9. The van der Waals surface area contributed by atoms with E-state index in [4.69, 9.17) is 0 Å². The van der Waals surface area contributed by atoms with Crippen LogP contribution in [-0.2, 0) is 0 Å². The van der Waals surface area contributed by atoms with E-state index < -0.39 is 11.2 Å². The number of nitrogens with zero attached hydrogens (tertiary/aromatic N) is 1. The van der Waals surface area contributed by atoms with Gasteiger partial charge in [-0.3, -0.25) is 14.8 Å². The Balaban J connectivity index is 0.000000162. The van der Waals surface area contributed by atoms with Gasteiger partial charge in [0.1, 0.15) is 5.52 Å². The zero-order valence-corrected chi connectivity index (χ0v) is 8.88. The quantitative estimate of drug-likeness (QED) is 0.536. The normalized spacial score (nSPS) is 9.75. The van der Waals surface area contributed by atoms with Gasteiger partial charge in [0, 0.05) is 0 Å². The SMILES string of the molecule is O=c1[nH]c(=O)c2[nH]cnc2[nH]1.c1ccsc1. The number of imidazole rings is 1. The molecule has 3 heterocycles. The minimum Gasteiger partial charge on any atom is -0.339 e. The van der Waals surface area contributed by atoms with Gasteiger partial charge in [-0.1, -0.05) is 12.1 Å². The van der Waals surface area contributed by atoms with Crippen LogP contribution in [0.3, 0.4) is 0 Å². The van der Waals surface area contributed by atoms with Crippen LogP contribution in [0, 0.1) is 0 Å². The topological polar surface area (TPSA) is 94.4 Å². The van der Waals surface area contributed by atoms with E-state index in [1.54, 1.807) is 11.3 Å². The first-order valence-corrected chi connectivity index (χ1v) is 5.34. The number of hydrogen-bond donors (Lipinski definition) is 3. The first-order chi connectivity index (χ1) is 7.77. The number of thiophene rings is 1. The zero-order valence-electron chi connectivity index (χ0n) is 8.06. The fourth-order valence-electron chi connectivity index (χ4n) is 1.09. The fraction of sp³-hybridized carbons (Fsp3) is 0. The van der Waals surface area contributed by atoms with Gasteiger partial charge < -0.3 is 4.98 Å². The van der Waals surface area contributed by atoms with Crippen molar-refractivity contribution in [2.24, 2.45) is 0 Å². The van der Waals surface area contributed by atoms with E-state index in [-0.39, 0.29) is 11.2 Å². The molecule has 16 heavy (non-hydrogen) atoms. The summed E-state index contributed by atoms with van der Waals surface area (Å²) in [6.07, 6.45) is 1.34. The maximum Gasteiger partial charge on any atom is 0.327 e. The molecule has 6 nitrogen and oxygen atoms in total. The Morgan fingerprint density at radius 3 is 2.50 bits per heavy atom. The van der Waals surface area contributed by atoms with Crippen molar-refractivity contribution >= 4 is 22.5 Å². The summed E-state index contributed by atoms with van der Waals surface area (Å²) in [6.45, 7) is 0. The van der Waals surface area contributed by atoms with E-state index in [2.05, 4.69) is 19.9 Å². The van der Waals surface area contributed by atoms with Gasteiger partial charge in [-0.25, -0.2) is 9.78 Å². The molecule has 0 radical (unpaired) electrons. The summed E-state index contributed by atoms with van der Waals surface area (Å²) >= 11 is 1.71. The molecule has 0 bridgehead atoms. The van der Waals surface area contributed by atoms with Crippen molar-refractivity contribution in [2.45, 2.75) is 0 Å². The lowest BCUT2D eigenvalue weighted by atomic mass is 10.5. The molecule has 0 spiro atoms. The molecule has 0 saturated carbocycles. The number of H-pyrrole nitrogens is 3. The van der Waals surface area contributed by atoms with Crippen molar-refractivity contribution in [3.63, 3.8) is 0 Å². The highest BCUT2D eigenvalue weighted by atomic mass is 32.1. The Labute approximate surface area is 93.0 Å². The molecule has 7 heteroatoms. The number of rotatable bonds is 0. The monoisotopic (exact) mass is 236 g/mol. The van der Waals surface area contributed by atoms with Gasteiger partial charge in [0.05, 0.1) is 6.33 Å². The van der Waals surface area contributed by atoms with Crippen LogP contribution >= 0.6 is 11.3 Å². The lowest BCUT2D eigenvalue weighted by Crippen LogP contribution is -2.21. The second-order valence-corrected chi connectivity index (χ2v) is 3.64. The van der Waals surface area contributed by atoms with Gasteiger partial charge in [-0.2, -0.15) is 11.3 Å². The predicted molar refractivity (Wildman–Crippen MR) is 61.7 cm³/mol. The summed E-state index contributed by atoms with van der Waals surface area (Å²) in [7, 11) is 0.